The fourth-order valence-corrected chi connectivity index (χ4v) is 5.26. The number of ether oxygens (including phenoxy) is 1. The number of hydrogen-bond acceptors (Lipinski definition) is 4. The van der Waals surface area contributed by atoms with E-state index >= 15 is 0 Å². The Kier molecular flexibility index (Phi) is 7.82. The van der Waals surface area contributed by atoms with Crippen molar-refractivity contribution in [3.8, 4) is 5.75 Å². The van der Waals surface area contributed by atoms with Gasteiger partial charge in [0.1, 0.15) is 18.2 Å². The van der Waals surface area contributed by atoms with E-state index in [1.54, 1.807) is 6.07 Å². The molecule has 3 aromatic carbocycles. The van der Waals surface area contributed by atoms with Gasteiger partial charge in [0, 0.05) is 50.0 Å². The number of amides is 1. The van der Waals surface area contributed by atoms with Gasteiger partial charge in [0.05, 0.1) is 6.42 Å². The molecule has 1 saturated heterocycles. The molecule has 1 fully saturated rings. The van der Waals surface area contributed by atoms with Crippen molar-refractivity contribution in [3.63, 3.8) is 0 Å². The third-order valence-electron chi connectivity index (χ3n) is 7.25. The molecule has 36 heavy (non-hydrogen) atoms. The molecule has 0 bridgehead atoms. The van der Waals surface area contributed by atoms with Gasteiger partial charge in [0.25, 0.3) is 0 Å². The van der Waals surface area contributed by atoms with Gasteiger partial charge in [-0.3, -0.25) is 9.69 Å². The van der Waals surface area contributed by atoms with Crippen LogP contribution in [0.15, 0.2) is 72.8 Å². The average molecular weight is 488 g/mol. The van der Waals surface area contributed by atoms with Crippen LogP contribution >= 0.6 is 0 Å². The van der Waals surface area contributed by atoms with E-state index in [1.807, 2.05) is 12.1 Å². The third kappa shape index (κ3) is 6.24. The molecular weight excluding hydrogens is 453 g/mol. The summed E-state index contributed by atoms with van der Waals surface area (Å²) < 4.78 is 19.2. The minimum atomic E-state index is -0.245. The lowest BCUT2D eigenvalue weighted by Gasteiger charge is -2.39. The predicted molar refractivity (Wildman–Crippen MR) is 141 cm³/mol. The summed E-state index contributed by atoms with van der Waals surface area (Å²) in [6, 6.07) is 23.8. The Hall–Kier alpha value is -3.38. The van der Waals surface area contributed by atoms with E-state index < -0.39 is 0 Å². The quantitative estimate of drug-likeness (QED) is 0.530. The highest BCUT2D eigenvalue weighted by atomic mass is 19.1. The number of benzene rings is 3. The number of carbonyl (C=O) groups excluding carboxylic acids is 1. The Labute approximate surface area is 212 Å². The molecule has 5 nitrogen and oxygen atoms in total. The van der Waals surface area contributed by atoms with Crippen molar-refractivity contribution in [1.29, 1.82) is 0 Å². The van der Waals surface area contributed by atoms with Crippen LogP contribution in [0.5, 0.6) is 5.75 Å². The zero-order chi connectivity index (χ0) is 24.7. The fourth-order valence-electron chi connectivity index (χ4n) is 5.26. The van der Waals surface area contributed by atoms with E-state index in [9.17, 15) is 9.18 Å². The largest absolute Gasteiger partial charge is 0.492 e. The van der Waals surface area contributed by atoms with Gasteiger partial charge < -0.3 is 15.0 Å². The Bertz CT molecular complexity index is 1160. The SMILES string of the molecule is O=C(Cc1ccc(N2CCC(N3CCOc4ccccc4C3)CC2)cc1)NCCc1cccc(F)c1. The maximum Gasteiger partial charge on any atom is 0.224 e. The van der Waals surface area contributed by atoms with Crippen LogP contribution in [0.4, 0.5) is 10.1 Å². The normalized spacial score (nSPS) is 16.6. The summed E-state index contributed by atoms with van der Waals surface area (Å²) in [5.41, 5.74) is 4.39. The molecule has 0 spiro atoms. The van der Waals surface area contributed by atoms with Crippen LogP contribution in [-0.4, -0.2) is 49.6 Å². The second-order valence-electron chi connectivity index (χ2n) is 9.72. The van der Waals surface area contributed by atoms with Gasteiger partial charge in [0.2, 0.25) is 5.91 Å². The standard InChI is InChI=1S/C30H34FN3O2/c31-26-6-3-4-23(20-26)12-15-32-30(35)21-24-8-10-27(11-9-24)33-16-13-28(14-17-33)34-18-19-36-29-7-2-1-5-25(29)22-34/h1-11,20,28H,12-19,21-22H2,(H,32,35). The van der Waals surface area contributed by atoms with Crippen LogP contribution in [-0.2, 0) is 24.2 Å². The molecule has 2 aliphatic rings. The summed E-state index contributed by atoms with van der Waals surface area (Å²) >= 11 is 0. The smallest absolute Gasteiger partial charge is 0.224 e. The zero-order valence-corrected chi connectivity index (χ0v) is 20.7. The van der Waals surface area contributed by atoms with E-state index in [2.05, 4.69) is 57.6 Å². The lowest BCUT2D eigenvalue weighted by atomic mass is 10.0. The topological polar surface area (TPSA) is 44.8 Å². The highest BCUT2D eigenvalue weighted by molar-refractivity contribution is 5.78. The zero-order valence-electron chi connectivity index (χ0n) is 20.7. The minimum Gasteiger partial charge on any atom is -0.492 e. The van der Waals surface area contributed by atoms with Crippen molar-refractivity contribution in [2.75, 3.05) is 37.7 Å². The van der Waals surface area contributed by atoms with Gasteiger partial charge in [-0.15, -0.1) is 0 Å². The van der Waals surface area contributed by atoms with Crippen LogP contribution in [0.3, 0.4) is 0 Å². The van der Waals surface area contributed by atoms with E-state index in [0.717, 1.165) is 62.5 Å². The fraction of sp³-hybridized carbons (Fsp3) is 0.367. The Balaban J connectivity index is 1.07. The van der Waals surface area contributed by atoms with E-state index in [4.69, 9.17) is 4.74 Å². The number of piperidine rings is 1. The number of fused-ring (bicyclic) bond motifs is 1. The number of rotatable bonds is 7. The average Bonchev–Trinajstić information content (AvgIpc) is 3.12. The maximum absolute atomic E-state index is 13.3. The summed E-state index contributed by atoms with van der Waals surface area (Å²) in [7, 11) is 0. The van der Waals surface area contributed by atoms with Crippen molar-refractivity contribution in [2.45, 2.75) is 38.3 Å². The summed E-state index contributed by atoms with van der Waals surface area (Å²) in [6.07, 6.45) is 3.24. The molecule has 1 amide bonds. The number of anilines is 1. The van der Waals surface area contributed by atoms with E-state index in [-0.39, 0.29) is 11.7 Å². The second-order valence-corrected chi connectivity index (χ2v) is 9.72. The first-order valence-electron chi connectivity index (χ1n) is 12.9. The van der Waals surface area contributed by atoms with Crippen molar-refractivity contribution < 1.29 is 13.9 Å². The molecule has 2 heterocycles. The van der Waals surface area contributed by atoms with Gasteiger partial charge in [-0.2, -0.15) is 0 Å². The predicted octanol–water partition coefficient (Wildman–Crippen LogP) is 4.59. The number of hydrogen-bond donors (Lipinski definition) is 1. The van der Waals surface area contributed by atoms with Crippen LogP contribution in [0.2, 0.25) is 0 Å². The first kappa shape index (κ1) is 24.3. The maximum atomic E-state index is 13.3. The molecule has 0 aromatic heterocycles. The molecule has 2 aliphatic heterocycles. The lowest BCUT2D eigenvalue weighted by molar-refractivity contribution is -0.120. The molecule has 0 atom stereocenters. The molecule has 188 valence electrons. The molecule has 0 saturated carbocycles. The van der Waals surface area contributed by atoms with Crippen molar-refractivity contribution >= 4 is 11.6 Å². The number of nitrogens with zero attached hydrogens (tertiary/aromatic N) is 2. The summed E-state index contributed by atoms with van der Waals surface area (Å²) in [6.45, 7) is 5.24. The Morgan fingerprint density at radius 2 is 1.75 bits per heavy atom. The van der Waals surface area contributed by atoms with Gasteiger partial charge in [-0.1, -0.05) is 42.5 Å². The van der Waals surface area contributed by atoms with Crippen LogP contribution < -0.4 is 15.0 Å². The molecule has 0 radical (unpaired) electrons. The molecule has 1 N–H and O–H groups in total. The molecule has 6 heteroatoms. The van der Waals surface area contributed by atoms with Gasteiger partial charge >= 0.3 is 0 Å². The van der Waals surface area contributed by atoms with Gasteiger partial charge in [0.15, 0.2) is 0 Å². The summed E-state index contributed by atoms with van der Waals surface area (Å²) in [4.78, 5) is 17.4. The van der Waals surface area contributed by atoms with Crippen LogP contribution in [0, 0.1) is 5.82 Å². The van der Waals surface area contributed by atoms with Gasteiger partial charge in [-0.25, -0.2) is 4.39 Å². The number of halogens is 1. The lowest BCUT2D eigenvalue weighted by Crippen LogP contribution is -2.45. The second kappa shape index (κ2) is 11.6. The molecular formula is C30H34FN3O2. The Morgan fingerprint density at radius 3 is 2.56 bits per heavy atom. The minimum absolute atomic E-state index is 0.0111. The molecule has 0 aliphatic carbocycles. The Morgan fingerprint density at radius 1 is 0.944 bits per heavy atom. The summed E-state index contributed by atoms with van der Waals surface area (Å²) in [5, 5.41) is 2.94. The van der Waals surface area contributed by atoms with E-state index in [1.165, 1.54) is 23.4 Å². The first-order chi connectivity index (χ1) is 17.6. The molecule has 0 unspecified atom stereocenters. The molecule has 3 aromatic rings. The van der Waals surface area contributed by atoms with Crippen molar-refractivity contribution in [3.05, 3.63) is 95.3 Å². The van der Waals surface area contributed by atoms with E-state index in [0.29, 0.717) is 25.4 Å². The van der Waals surface area contributed by atoms with Crippen molar-refractivity contribution in [1.82, 2.24) is 10.2 Å². The van der Waals surface area contributed by atoms with Crippen LogP contribution in [0.25, 0.3) is 0 Å². The van der Waals surface area contributed by atoms with Crippen LogP contribution in [0.1, 0.15) is 29.5 Å². The third-order valence-corrected chi connectivity index (χ3v) is 7.25. The number of nitrogens with one attached hydrogen (secondary N) is 1. The number of para-hydroxylation sites is 1. The number of carbonyl (C=O) groups is 1. The highest BCUT2D eigenvalue weighted by Gasteiger charge is 2.27. The van der Waals surface area contributed by atoms with Crippen molar-refractivity contribution in [2.24, 2.45) is 0 Å². The highest BCUT2D eigenvalue weighted by Crippen LogP contribution is 2.28. The summed E-state index contributed by atoms with van der Waals surface area (Å²) in [5.74, 6) is 0.770. The first-order valence-corrected chi connectivity index (χ1v) is 12.9. The monoisotopic (exact) mass is 487 g/mol. The van der Waals surface area contributed by atoms with Gasteiger partial charge in [-0.05, 0) is 60.7 Å². The molecule has 5 rings (SSSR count).